The van der Waals surface area contributed by atoms with Crippen LogP contribution in [-0.2, 0) is 28.5 Å². The summed E-state index contributed by atoms with van der Waals surface area (Å²) >= 11 is 5.95. The summed E-state index contributed by atoms with van der Waals surface area (Å²) in [5.41, 5.74) is 0.464. The highest BCUT2D eigenvalue weighted by Gasteiger charge is 2.60. The van der Waals surface area contributed by atoms with Crippen LogP contribution in [0.2, 0.25) is 5.02 Å². The normalized spacial score (nSPS) is 20.3. The highest BCUT2D eigenvalue weighted by molar-refractivity contribution is 6.30. The van der Waals surface area contributed by atoms with E-state index >= 15 is 0 Å². The molecule has 0 heterocycles. The average molecular weight is 465 g/mol. The van der Waals surface area contributed by atoms with E-state index in [0.29, 0.717) is 35.3 Å². The molecular formula is C24H29ClO7. The number of ketones is 1. The lowest BCUT2D eigenvalue weighted by molar-refractivity contribution is -0.138. The Bertz CT molecular complexity index is 829. The number of hydrogen-bond acceptors (Lipinski definition) is 7. The number of ether oxygens (including phenoxy) is 4. The van der Waals surface area contributed by atoms with Crippen molar-refractivity contribution in [2.45, 2.75) is 27.7 Å². The molecule has 2 atom stereocenters. The van der Waals surface area contributed by atoms with Crippen LogP contribution in [0.4, 0.5) is 0 Å². The van der Waals surface area contributed by atoms with Gasteiger partial charge in [-0.05, 0) is 52.0 Å². The number of halogens is 1. The SMILES string of the molecule is CCOC(=O)C=C(OCC)[C@@H]1C(C(=O)c2ccc(Cl)cc2)[C@H]1C(=CC(=O)OCC)OCC. The third kappa shape index (κ3) is 6.60. The Hall–Kier alpha value is -2.80. The smallest absolute Gasteiger partial charge is 0.334 e. The fraction of sp³-hybridized carbons (Fsp3) is 0.458. The molecule has 0 spiro atoms. The lowest BCUT2D eigenvalue weighted by Gasteiger charge is -2.11. The first-order valence-corrected chi connectivity index (χ1v) is 11.1. The largest absolute Gasteiger partial charge is 0.498 e. The topological polar surface area (TPSA) is 88.1 Å². The summed E-state index contributed by atoms with van der Waals surface area (Å²) in [6.45, 7) is 7.98. The van der Waals surface area contributed by atoms with Gasteiger partial charge in [0.2, 0.25) is 0 Å². The average Bonchev–Trinajstić information content (AvgIpc) is 3.49. The molecule has 0 aliphatic heterocycles. The molecular weight excluding hydrogens is 436 g/mol. The first-order chi connectivity index (χ1) is 15.4. The van der Waals surface area contributed by atoms with Gasteiger partial charge in [0, 0.05) is 28.3 Å². The molecule has 174 valence electrons. The van der Waals surface area contributed by atoms with E-state index in [2.05, 4.69) is 0 Å². The fourth-order valence-electron chi connectivity index (χ4n) is 3.55. The number of esters is 2. The van der Waals surface area contributed by atoms with Gasteiger partial charge in [0.1, 0.15) is 11.5 Å². The van der Waals surface area contributed by atoms with Crippen molar-refractivity contribution in [2.24, 2.45) is 17.8 Å². The van der Waals surface area contributed by atoms with E-state index in [1.165, 1.54) is 12.2 Å². The van der Waals surface area contributed by atoms with E-state index < -0.39 is 29.7 Å². The van der Waals surface area contributed by atoms with Crippen molar-refractivity contribution in [1.82, 2.24) is 0 Å². The van der Waals surface area contributed by atoms with Gasteiger partial charge in [-0.25, -0.2) is 9.59 Å². The molecule has 1 aliphatic carbocycles. The maximum absolute atomic E-state index is 13.3. The number of Topliss-reactive ketones (excluding diaryl/α,β-unsaturated/α-hetero) is 1. The molecule has 1 fully saturated rings. The molecule has 32 heavy (non-hydrogen) atoms. The standard InChI is InChI=1S/C24H29ClO7/c1-5-29-17(13-19(26)31-7-3)21-22(18(30-6-2)14-20(27)32-8-4)23(21)24(28)15-9-11-16(25)12-10-15/h9-14,21-23H,5-8H2,1-4H3/t21-,22-,23?/m0/s1. The third-order valence-electron chi connectivity index (χ3n) is 4.82. The Morgan fingerprint density at radius 2 is 1.12 bits per heavy atom. The van der Waals surface area contributed by atoms with Crippen LogP contribution in [0.25, 0.3) is 0 Å². The number of benzene rings is 1. The molecule has 1 saturated carbocycles. The minimum atomic E-state index is -0.587. The van der Waals surface area contributed by atoms with Gasteiger partial charge in [0.05, 0.1) is 38.6 Å². The van der Waals surface area contributed by atoms with Crippen LogP contribution in [0, 0.1) is 17.8 Å². The fourth-order valence-corrected chi connectivity index (χ4v) is 3.68. The summed E-state index contributed by atoms with van der Waals surface area (Å²) in [7, 11) is 0. The summed E-state index contributed by atoms with van der Waals surface area (Å²) < 4.78 is 21.5. The number of hydrogen-bond donors (Lipinski definition) is 0. The highest BCUT2D eigenvalue weighted by atomic mass is 35.5. The maximum Gasteiger partial charge on any atom is 0.334 e. The first kappa shape index (κ1) is 25.5. The summed E-state index contributed by atoms with van der Waals surface area (Å²) in [5, 5.41) is 0.514. The summed E-state index contributed by atoms with van der Waals surface area (Å²) in [4.78, 5) is 37.6. The minimum absolute atomic E-state index is 0.166. The van der Waals surface area contributed by atoms with Gasteiger partial charge in [-0.3, -0.25) is 4.79 Å². The zero-order chi connectivity index (χ0) is 23.7. The molecule has 1 aromatic carbocycles. The molecule has 0 amide bonds. The third-order valence-corrected chi connectivity index (χ3v) is 5.08. The van der Waals surface area contributed by atoms with E-state index in [-0.39, 0.29) is 19.0 Å². The Balaban J connectivity index is 2.47. The van der Waals surface area contributed by atoms with E-state index in [1.807, 2.05) is 0 Å². The van der Waals surface area contributed by atoms with Gasteiger partial charge in [0.15, 0.2) is 5.78 Å². The maximum atomic E-state index is 13.3. The second-order valence-corrected chi connectivity index (χ2v) is 7.35. The van der Waals surface area contributed by atoms with Crippen LogP contribution in [0.5, 0.6) is 0 Å². The van der Waals surface area contributed by atoms with Crippen LogP contribution < -0.4 is 0 Å². The molecule has 2 rings (SSSR count). The van der Waals surface area contributed by atoms with E-state index in [9.17, 15) is 14.4 Å². The number of rotatable bonds is 12. The number of carbonyl (C=O) groups is 3. The predicted molar refractivity (Wildman–Crippen MR) is 119 cm³/mol. The molecule has 0 N–H and O–H groups in total. The van der Waals surface area contributed by atoms with Gasteiger partial charge < -0.3 is 18.9 Å². The lowest BCUT2D eigenvalue weighted by atomic mass is 10.0. The van der Waals surface area contributed by atoms with E-state index in [1.54, 1.807) is 52.0 Å². The van der Waals surface area contributed by atoms with Crippen molar-refractivity contribution in [3.63, 3.8) is 0 Å². The zero-order valence-electron chi connectivity index (χ0n) is 18.8. The van der Waals surface area contributed by atoms with Crippen LogP contribution in [-0.4, -0.2) is 44.1 Å². The van der Waals surface area contributed by atoms with Crippen LogP contribution >= 0.6 is 11.6 Å². The molecule has 0 radical (unpaired) electrons. The monoisotopic (exact) mass is 464 g/mol. The lowest BCUT2D eigenvalue weighted by Crippen LogP contribution is -2.08. The van der Waals surface area contributed by atoms with Crippen molar-refractivity contribution in [1.29, 1.82) is 0 Å². The molecule has 0 unspecified atom stereocenters. The van der Waals surface area contributed by atoms with Crippen LogP contribution in [0.3, 0.4) is 0 Å². The molecule has 0 saturated heterocycles. The van der Waals surface area contributed by atoms with Gasteiger partial charge in [0.25, 0.3) is 0 Å². The van der Waals surface area contributed by atoms with Crippen molar-refractivity contribution < 1.29 is 33.3 Å². The first-order valence-electron chi connectivity index (χ1n) is 10.7. The Labute approximate surface area is 193 Å². The summed E-state index contributed by atoms with van der Waals surface area (Å²) in [6, 6.07) is 6.55. The minimum Gasteiger partial charge on any atom is -0.498 e. The second kappa shape index (κ2) is 12.3. The van der Waals surface area contributed by atoms with Gasteiger partial charge in [-0.15, -0.1) is 0 Å². The second-order valence-electron chi connectivity index (χ2n) is 6.91. The van der Waals surface area contributed by atoms with Gasteiger partial charge in [-0.2, -0.15) is 0 Å². The molecule has 0 bridgehead atoms. The molecule has 1 aliphatic rings. The van der Waals surface area contributed by atoms with Crippen molar-refractivity contribution in [2.75, 3.05) is 26.4 Å². The molecule has 7 nitrogen and oxygen atoms in total. The quantitative estimate of drug-likeness (QED) is 0.196. The predicted octanol–water partition coefficient (Wildman–Crippen LogP) is 4.35. The number of allylic oxidation sites excluding steroid dienone is 2. The van der Waals surface area contributed by atoms with Crippen LogP contribution in [0.1, 0.15) is 38.1 Å². The molecule has 8 heteroatoms. The van der Waals surface area contributed by atoms with Crippen LogP contribution in [0.15, 0.2) is 47.9 Å². The summed E-state index contributed by atoms with van der Waals surface area (Å²) in [6.07, 6.45) is 2.52. The highest BCUT2D eigenvalue weighted by Crippen LogP contribution is 2.57. The van der Waals surface area contributed by atoms with E-state index in [0.717, 1.165) is 0 Å². The number of carbonyl (C=O) groups excluding carboxylic acids is 3. The molecule has 0 aromatic heterocycles. The Morgan fingerprint density at radius 3 is 1.50 bits per heavy atom. The zero-order valence-corrected chi connectivity index (χ0v) is 19.5. The van der Waals surface area contributed by atoms with Crippen molar-refractivity contribution in [3.8, 4) is 0 Å². The van der Waals surface area contributed by atoms with Crippen molar-refractivity contribution in [3.05, 3.63) is 58.5 Å². The van der Waals surface area contributed by atoms with Gasteiger partial charge in [-0.1, -0.05) is 11.6 Å². The summed E-state index contributed by atoms with van der Waals surface area (Å²) in [5.74, 6) is -2.23. The molecule has 1 aromatic rings. The van der Waals surface area contributed by atoms with E-state index in [4.69, 9.17) is 30.5 Å². The Morgan fingerprint density at radius 1 is 0.719 bits per heavy atom. The van der Waals surface area contributed by atoms with Crippen molar-refractivity contribution >= 4 is 29.3 Å². The van der Waals surface area contributed by atoms with Gasteiger partial charge >= 0.3 is 11.9 Å². The Kier molecular flexibility index (Phi) is 9.78.